The monoisotopic (exact) mass is 211 g/mol. The van der Waals surface area contributed by atoms with Crippen molar-refractivity contribution in [2.75, 3.05) is 6.61 Å². The zero-order valence-electron chi connectivity index (χ0n) is 8.38. The smallest absolute Gasteiger partial charge is 0.324 e. The molecule has 0 amide bonds. The summed E-state index contributed by atoms with van der Waals surface area (Å²) in [6.07, 6.45) is 2.14. The van der Waals surface area contributed by atoms with Crippen molar-refractivity contribution in [3.05, 3.63) is 18.1 Å². The number of carbonyl (C=O) groups is 1. The van der Waals surface area contributed by atoms with E-state index in [0.717, 1.165) is 12.1 Å². The van der Waals surface area contributed by atoms with Crippen molar-refractivity contribution >= 4 is 5.97 Å². The van der Waals surface area contributed by atoms with Crippen molar-refractivity contribution in [2.24, 2.45) is 5.73 Å². The molecule has 6 nitrogen and oxygen atoms in total. The molecule has 6 heteroatoms. The molecule has 0 saturated heterocycles. The molecule has 0 bridgehead atoms. The van der Waals surface area contributed by atoms with Gasteiger partial charge in [-0.2, -0.15) is 0 Å². The Bertz CT molecular complexity index is 343. The summed E-state index contributed by atoms with van der Waals surface area (Å²) >= 11 is 0. The number of aromatic nitrogens is 2. The summed E-state index contributed by atoms with van der Waals surface area (Å²) in [6.45, 7) is 1.85. The van der Waals surface area contributed by atoms with E-state index in [2.05, 4.69) is 9.97 Å². The van der Waals surface area contributed by atoms with Crippen LogP contribution in [0.3, 0.4) is 0 Å². The Kier molecular flexibility index (Phi) is 3.99. The van der Waals surface area contributed by atoms with Gasteiger partial charge in [-0.15, -0.1) is 0 Å². The first-order valence-electron chi connectivity index (χ1n) is 4.55. The van der Waals surface area contributed by atoms with Crippen LogP contribution in [0, 0.1) is 0 Å². The van der Waals surface area contributed by atoms with Crippen molar-refractivity contribution in [1.82, 2.24) is 9.97 Å². The van der Waals surface area contributed by atoms with Crippen molar-refractivity contribution < 1.29 is 14.6 Å². The Morgan fingerprint density at radius 1 is 1.67 bits per heavy atom. The van der Waals surface area contributed by atoms with Crippen LogP contribution in [-0.4, -0.2) is 33.7 Å². The largest absolute Gasteiger partial charge is 0.480 e. The van der Waals surface area contributed by atoms with Gasteiger partial charge in [-0.05, 0) is 6.42 Å². The van der Waals surface area contributed by atoms with E-state index in [-0.39, 0.29) is 6.61 Å². The maximum Gasteiger partial charge on any atom is 0.324 e. The fourth-order valence-electron chi connectivity index (χ4n) is 0.896. The third-order valence-corrected chi connectivity index (χ3v) is 1.79. The quantitative estimate of drug-likeness (QED) is 0.701. The van der Waals surface area contributed by atoms with Crippen LogP contribution in [0.5, 0.6) is 5.88 Å². The number of hydrogen-bond donors (Lipinski definition) is 2. The van der Waals surface area contributed by atoms with E-state index in [4.69, 9.17) is 15.6 Å². The van der Waals surface area contributed by atoms with Gasteiger partial charge in [-0.1, -0.05) is 6.92 Å². The van der Waals surface area contributed by atoms with Crippen LogP contribution >= 0.6 is 0 Å². The van der Waals surface area contributed by atoms with Gasteiger partial charge in [0.2, 0.25) is 5.88 Å². The zero-order valence-corrected chi connectivity index (χ0v) is 8.38. The van der Waals surface area contributed by atoms with E-state index in [1.807, 2.05) is 6.92 Å². The maximum atomic E-state index is 10.4. The number of aryl methyl sites for hydroxylation is 1. The van der Waals surface area contributed by atoms with Crippen LogP contribution in [0.25, 0.3) is 0 Å². The summed E-state index contributed by atoms with van der Waals surface area (Å²) < 4.78 is 5.11. The summed E-state index contributed by atoms with van der Waals surface area (Å²) in [5.41, 5.74) is 6.10. The molecule has 3 N–H and O–H groups in total. The number of carboxylic acids is 1. The van der Waals surface area contributed by atoms with Gasteiger partial charge >= 0.3 is 5.97 Å². The van der Waals surface area contributed by atoms with Crippen LogP contribution in [0.4, 0.5) is 0 Å². The molecule has 0 aliphatic rings. The third kappa shape index (κ3) is 3.51. The van der Waals surface area contributed by atoms with E-state index in [1.165, 1.54) is 6.33 Å². The predicted octanol–water partition coefficient (Wildman–Crippen LogP) is -0.170. The second kappa shape index (κ2) is 5.26. The first-order valence-corrected chi connectivity index (χ1v) is 4.55. The van der Waals surface area contributed by atoms with E-state index in [0.29, 0.717) is 5.88 Å². The highest BCUT2D eigenvalue weighted by Gasteiger charge is 2.12. The standard InChI is InChI=1S/C9H13N3O3/c1-2-6-3-8(12-5-11-6)15-4-7(10)9(13)14/h3,5,7H,2,4,10H2,1H3,(H,13,14). The van der Waals surface area contributed by atoms with E-state index in [9.17, 15) is 4.79 Å². The second-order valence-electron chi connectivity index (χ2n) is 2.96. The number of ether oxygens (including phenoxy) is 1. The van der Waals surface area contributed by atoms with Crippen molar-refractivity contribution in [2.45, 2.75) is 19.4 Å². The highest BCUT2D eigenvalue weighted by Crippen LogP contribution is 2.07. The Labute approximate surface area is 87.1 Å². The molecule has 1 unspecified atom stereocenters. The molecular formula is C9H13N3O3. The Balaban J connectivity index is 2.53. The first-order chi connectivity index (χ1) is 7.13. The fraction of sp³-hybridized carbons (Fsp3) is 0.444. The highest BCUT2D eigenvalue weighted by molar-refractivity contribution is 5.73. The molecular weight excluding hydrogens is 198 g/mol. The first kappa shape index (κ1) is 11.4. The fourth-order valence-corrected chi connectivity index (χ4v) is 0.896. The second-order valence-corrected chi connectivity index (χ2v) is 2.96. The average molecular weight is 211 g/mol. The van der Waals surface area contributed by atoms with Gasteiger partial charge in [0.1, 0.15) is 19.0 Å². The summed E-state index contributed by atoms with van der Waals surface area (Å²) in [7, 11) is 0. The molecule has 0 fully saturated rings. The summed E-state index contributed by atoms with van der Waals surface area (Å²) in [5.74, 6) is -0.752. The minimum absolute atomic E-state index is 0.102. The van der Waals surface area contributed by atoms with E-state index in [1.54, 1.807) is 6.07 Å². The van der Waals surface area contributed by atoms with Crippen LogP contribution in [-0.2, 0) is 11.2 Å². The number of hydrogen-bond acceptors (Lipinski definition) is 5. The Morgan fingerprint density at radius 3 is 3.00 bits per heavy atom. The molecule has 0 saturated carbocycles. The molecule has 15 heavy (non-hydrogen) atoms. The summed E-state index contributed by atoms with van der Waals surface area (Å²) in [5, 5.41) is 8.52. The minimum Gasteiger partial charge on any atom is -0.480 e. The molecule has 0 spiro atoms. The third-order valence-electron chi connectivity index (χ3n) is 1.79. The molecule has 0 aliphatic heterocycles. The normalized spacial score (nSPS) is 12.1. The van der Waals surface area contributed by atoms with Crippen molar-refractivity contribution in [1.29, 1.82) is 0 Å². The predicted molar refractivity (Wildman–Crippen MR) is 52.5 cm³/mol. The number of rotatable bonds is 5. The average Bonchev–Trinajstić information content (AvgIpc) is 2.26. The molecule has 1 aromatic rings. The van der Waals surface area contributed by atoms with Crippen LogP contribution < -0.4 is 10.5 Å². The van der Waals surface area contributed by atoms with E-state index < -0.39 is 12.0 Å². The van der Waals surface area contributed by atoms with Gasteiger partial charge in [-0.3, -0.25) is 4.79 Å². The van der Waals surface area contributed by atoms with Gasteiger partial charge < -0.3 is 15.6 Å². The molecule has 1 rings (SSSR count). The highest BCUT2D eigenvalue weighted by atomic mass is 16.5. The van der Waals surface area contributed by atoms with Gasteiger partial charge in [0.15, 0.2) is 0 Å². The molecule has 1 atom stereocenters. The summed E-state index contributed by atoms with van der Waals surface area (Å²) in [6, 6.07) is 0.624. The van der Waals surface area contributed by atoms with Crippen LogP contribution in [0.15, 0.2) is 12.4 Å². The Morgan fingerprint density at radius 2 is 2.40 bits per heavy atom. The number of carboxylic acid groups (broad SMARTS) is 1. The van der Waals surface area contributed by atoms with Gasteiger partial charge in [0.25, 0.3) is 0 Å². The zero-order chi connectivity index (χ0) is 11.3. The van der Waals surface area contributed by atoms with Gasteiger partial charge in [-0.25, -0.2) is 9.97 Å². The van der Waals surface area contributed by atoms with Crippen LogP contribution in [0.2, 0.25) is 0 Å². The molecule has 0 radical (unpaired) electrons. The number of nitrogens with zero attached hydrogens (tertiary/aromatic N) is 2. The lowest BCUT2D eigenvalue weighted by Gasteiger charge is -2.08. The molecule has 1 aromatic heterocycles. The van der Waals surface area contributed by atoms with Gasteiger partial charge in [0, 0.05) is 11.8 Å². The lowest BCUT2D eigenvalue weighted by atomic mass is 10.3. The van der Waals surface area contributed by atoms with E-state index >= 15 is 0 Å². The minimum atomic E-state index is -1.10. The maximum absolute atomic E-state index is 10.4. The Hall–Kier alpha value is -1.69. The lowest BCUT2D eigenvalue weighted by Crippen LogP contribution is -2.36. The number of aliphatic carboxylic acids is 1. The lowest BCUT2D eigenvalue weighted by molar-refractivity contribution is -0.139. The van der Waals surface area contributed by atoms with Gasteiger partial charge in [0.05, 0.1) is 0 Å². The molecule has 0 aromatic carbocycles. The van der Waals surface area contributed by atoms with Crippen LogP contribution in [0.1, 0.15) is 12.6 Å². The SMILES string of the molecule is CCc1cc(OCC(N)C(=O)O)ncn1. The molecule has 1 heterocycles. The van der Waals surface area contributed by atoms with Crippen molar-refractivity contribution in [3.63, 3.8) is 0 Å². The molecule has 0 aliphatic carbocycles. The molecule has 82 valence electrons. The number of nitrogens with two attached hydrogens (primary N) is 1. The summed E-state index contributed by atoms with van der Waals surface area (Å²) in [4.78, 5) is 18.2. The van der Waals surface area contributed by atoms with Crippen molar-refractivity contribution in [3.8, 4) is 5.88 Å². The topological polar surface area (TPSA) is 98.3 Å².